The Kier molecular flexibility index (Phi) is 15.7. The topological polar surface area (TPSA) is 121 Å². The molecule has 0 amide bonds. The van der Waals surface area contributed by atoms with Crippen molar-refractivity contribution in [2.75, 3.05) is 0 Å². The predicted octanol–water partition coefficient (Wildman–Crippen LogP) is 11.8. The van der Waals surface area contributed by atoms with E-state index >= 15 is 0 Å². The van der Waals surface area contributed by atoms with E-state index in [4.69, 9.17) is 9.29 Å². The lowest BCUT2D eigenvalue weighted by Crippen LogP contribution is -2.12. The molecule has 7 aromatic carbocycles. The zero-order chi connectivity index (χ0) is 46.4. The molecular formula is C42H23F10IO7S3. The van der Waals surface area contributed by atoms with Crippen LogP contribution in [0.3, 0.4) is 0 Å². The fourth-order valence-electron chi connectivity index (χ4n) is 5.31. The van der Waals surface area contributed by atoms with Crippen molar-refractivity contribution in [3.05, 3.63) is 195 Å². The predicted molar refractivity (Wildman–Crippen MR) is 216 cm³/mol. The van der Waals surface area contributed by atoms with Gasteiger partial charge < -0.3 is 9.29 Å². The molecule has 1 N–H and O–H groups in total. The van der Waals surface area contributed by atoms with Gasteiger partial charge in [-0.2, -0.15) is 8.42 Å². The van der Waals surface area contributed by atoms with Crippen molar-refractivity contribution < 1.29 is 74.6 Å². The molecule has 328 valence electrons. The molecule has 7 aromatic rings. The van der Waals surface area contributed by atoms with Crippen LogP contribution in [-0.2, 0) is 31.1 Å². The van der Waals surface area contributed by atoms with Crippen molar-refractivity contribution in [3.8, 4) is 22.6 Å². The number of hydrogen-bond acceptors (Lipinski definition) is 6. The third-order valence-electron chi connectivity index (χ3n) is 8.14. The zero-order valence-electron chi connectivity index (χ0n) is 31.0. The number of hydrogen-bond donors (Lipinski definition) is 1. The van der Waals surface area contributed by atoms with E-state index in [2.05, 4.69) is 144 Å². The minimum atomic E-state index is -5.77. The first-order valence-corrected chi connectivity index (χ1v) is 22.2. The summed E-state index contributed by atoms with van der Waals surface area (Å²) in [6.45, 7) is 0. The molecule has 0 radical (unpaired) electrons. The van der Waals surface area contributed by atoms with E-state index < -0.39 is 88.2 Å². The molecule has 21 heteroatoms. The number of benzene rings is 7. The van der Waals surface area contributed by atoms with Crippen molar-refractivity contribution in [1.29, 1.82) is 0 Å². The lowest BCUT2D eigenvalue weighted by molar-refractivity contribution is 0.350. The van der Waals surface area contributed by atoms with Crippen LogP contribution in [0, 0.1) is 61.7 Å². The second-order valence-electron chi connectivity index (χ2n) is 12.2. The lowest BCUT2D eigenvalue weighted by Gasteiger charge is -2.10. The Morgan fingerprint density at radius 1 is 0.444 bits per heavy atom. The lowest BCUT2D eigenvalue weighted by atomic mass is 10.1. The summed E-state index contributed by atoms with van der Waals surface area (Å²) in [4.78, 5) is -0.751. The Labute approximate surface area is 368 Å². The van der Waals surface area contributed by atoms with Crippen LogP contribution in [0.2, 0.25) is 0 Å². The summed E-state index contributed by atoms with van der Waals surface area (Å²) in [6, 6.07) is 46.6. The van der Waals surface area contributed by atoms with Gasteiger partial charge in [-0.3, -0.25) is 4.55 Å². The standard InChI is InChI=1S/C30H22IOS.2C6HF5O3S/c31-30-14-8-7-13-29(30)23-15-17-24(18-16-23)32-25-19-21-28(22-20-25)33(26-9-3-1-4-10-26)27-11-5-2-6-12-27;2*7-1-2(8)4(10)6(15(12,13)14)5(11)3(1)9/h1-22H;2*(H,12,13,14)/q+1;;/p-1. The van der Waals surface area contributed by atoms with Gasteiger partial charge in [0.05, 0.1) is 10.9 Å². The SMILES string of the molecule is Ic1ccccc1-c1ccc(Oc2ccc([S+](c3ccccc3)c3ccccc3)cc2)cc1.O=S(=O)(O)c1c(F)c(F)c(F)c(F)c1F.O=S(=O)([O-])c1c(F)c(F)c(F)c(F)c1F. The van der Waals surface area contributed by atoms with Gasteiger partial charge in [0.1, 0.15) is 26.5 Å². The molecule has 0 heterocycles. The first-order valence-electron chi connectivity index (χ1n) is 17.1. The van der Waals surface area contributed by atoms with E-state index in [1.54, 1.807) is 0 Å². The third kappa shape index (κ3) is 11.4. The molecule has 0 aliphatic carbocycles. The number of ether oxygens (including phenoxy) is 1. The summed E-state index contributed by atoms with van der Waals surface area (Å²) in [5.74, 6) is -23.7. The Morgan fingerprint density at radius 2 is 0.778 bits per heavy atom. The maximum atomic E-state index is 12.6. The van der Waals surface area contributed by atoms with Crippen molar-refractivity contribution >= 4 is 53.7 Å². The molecule has 0 saturated heterocycles. The maximum absolute atomic E-state index is 12.6. The zero-order valence-corrected chi connectivity index (χ0v) is 35.6. The molecule has 63 heavy (non-hydrogen) atoms. The van der Waals surface area contributed by atoms with Crippen LogP contribution in [0.4, 0.5) is 43.9 Å². The van der Waals surface area contributed by atoms with E-state index in [9.17, 15) is 65.3 Å². The highest BCUT2D eigenvalue weighted by atomic mass is 127. The van der Waals surface area contributed by atoms with Gasteiger partial charge in [0.2, 0.25) is 11.6 Å². The van der Waals surface area contributed by atoms with Gasteiger partial charge in [-0.05, 0) is 100 Å². The van der Waals surface area contributed by atoms with E-state index in [0.29, 0.717) is 0 Å². The summed E-state index contributed by atoms with van der Waals surface area (Å²) in [5.41, 5.74) is 2.43. The Morgan fingerprint density at radius 3 is 1.16 bits per heavy atom. The van der Waals surface area contributed by atoms with Crippen molar-refractivity contribution in [1.82, 2.24) is 0 Å². The molecule has 0 atom stereocenters. The molecule has 0 unspecified atom stereocenters. The summed E-state index contributed by atoms with van der Waals surface area (Å²) in [7, 11) is -11.4. The fraction of sp³-hybridized carbons (Fsp3) is 0. The van der Waals surface area contributed by atoms with Crippen molar-refractivity contribution in [2.24, 2.45) is 0 Å². The van der Waals surface area contributed by atoms with Gasteiger partial charge in [-0.15, -0.1) is 0 Å². The molecule has 0 fully saturated rings. The largest absolute Gasteiger partial charge is 0.744 e. The molecule has 0 aliphatic heterocycles. The van der Waals surface area contributed by atoms with Crippen LogP contribution < -0.4 is 4.74 Å². The van der Waals surface area contributed by atoms with Crippen LogP contribution in [0.5, 0.6) is 11.5 Å². The van der Waals surface area contributed by atoms with Crippen LogP contribution in [0.1, 0.15) is 0 Å². The van der Waals surface area contributed by atoms with Gasteiger partial charge in [0, 0.05) is 3.57 Å². The molecule has 7 rings (SSSR count). The Balaban J connectivity index is 0.000000208. The maximum Gasteiger partial charge on any atom is 0.300 e. The first kappa shape index (κ1) is 48.6. The highest BCUT2D eigenvalue weighted by molar-refractivity contribution is 14.1. The van der Waals surface area contributed by atoms with Crippen molar-refractivity contribution in [2.45, 2.75) is 24.5 Å². The van der Waals surface area contributed by atoms with Gasteiger partial charge in [-0.1, -0.05) is 66.7 Å². The Bertz CT molecular complexity index is 2790. The average Bonchev–Trinajstić information content (AvgIpc) is 3.25. The minimum absolute atomic E-state index is 0.152. The van der Waals surface area contributed by atoms with Crippen LogP contribution in [0.15, 0.2) is 158 Å². The summed E-state index contributed by atoms with van der Waals surface area (Å²) in [6.07, 6.45) is 0. The first-order chi connectivity index (χ1) is 29.6. The normalized spacial score (nSPS) is 11.3. The molecular weight excluding hydrogens is 1030 g/mol. The molecule has 0 aromatic heterocycles. The summed E-state index contributed by atoms with van der Waals surface area (Å²) >= 11 is 2.38. The van der Waals surface area contributed by atoms with E-state index in [1.807, 2.05) is 12.1 Å². The molecule has 0 spiro atoms. The minimum Gasteiger partial charge on any atom is -0.744 e. The van der Waals surface area contributed by atoms with Gasteiger partial charge in [-0.25, -0.2) is 52.3 Å². The van der Waals surface area contributed by atoms with Crippen LogP contribution in [-0.4, -0.2) is 25.9 Å². The quantitative estimate of drug-likeness (QED) is 0.0402. The molecule has 0 bridgehead atoms. The van der Waals surface area contributed by atoms with Gasteiger partial charge >= 0.3 is 10.1 Å². The van der Waals surface area contributed by atoms with Crippen LogP contribution >= 0.6 is 22.6 Å². The number of halogens is 11. The second kappa shape index (κ2) is 20.4. The van der Waals surface area contributed by atoms with Gasteiger partial charge in [0.25, 0.3) is 0 Å². The summed E-state index contributed by atoms with van der Waals surface area (Å²) < 4.78 is 192. The monoisotopic (exact) mass is 1050 g/mol. The van der Waals surface area contributed by atoms with Crippen molar-refractivity contribution in [3.63, 3.8) is 0 Å². The Hall–Kier alpha value is -5.46. The highest BCUT2D eigenvalue weighted by Crippen LogP contribution is 2.34. The third-order valence-corrected chi connectivity index (χ3v) is 13.0. The van der Waals surface area contributed by atoms with E-state index in [1.165, 1.54) is 29.4 Å². The number of rotatable bonds is 8. The molecule has 7 nitrogen and oxygen atoms in total. The average molecular weight is 1050 g/mol. The van der Waals surface area contributed by atoms with Gasteiger partial charge in [0.15, 0.2) is 66.1 Å². The smallest absolute Gasteiger partial charge is 0.300 e. The second-order valence-corrected chi connectivity index (χ2v) is 18.1. The molecule has 0 saturated carbocycles. The molecule has 0 aliphatic rings. The van der Waals surface area contributed by atoms with E-state index in [-0.39, 0.29) is 10.9 Å². The fourth-order valence-corrected chi connectivity index (χ4v) is 9.35. The highest BCUT2D eigenvalue weighted by Gasteiger charge is 2.33. The van der Waals surface area contributed by atoms with E-state index in [0.717, 1.165) is 11.5 Å². The summed E-state index contributed by atoms with van der Waals surface area (Å²) in [5, 5.41) is 0. The van der Waals surface area contributed by atoms with Crippen LogP contribution in [0.25, 0.3) is 11.1 Å².